The molecule has 2 aromatic carbocycles. The summed E-state index contributed by atoms with van der Waals surface area (Å²) >= 11 is 12.0. The van der Waals surface area contributed by atoms with Crippen LogP contribution in [0, 0.1) is 16.0 Å². The molecule has 12 nitrogen and oxygen atoms in total. The van der Waals surface area contributed by atoms with Gasteiger partial charge < -0.3 is 25.8 Å². The second kappa shape index (κ2) is 14.3. The minimum Gasteiger partial charge on any atom is -0.481 e. The van der Waals surface area contributed by atoms with Gasteiger partial charge in [0.05, 0.1) is 33.7 Å². The van der Waals surface area contributed by atoms with Crippen LogP contribution in [0.25, 0.3) is 0 Å². The summed E-state index contributed by atoms with van der Waals surface area (Å²) in [6.07, 6.45) is 0.248. The molecule has 0 fully saturated rings. The van der Waals surface area contributed by atoms with Crippen molar-refractivity contribution in [2.75, 3.05) is 25.5 Å². The summed E-state index contributed by atoms with van der Waals surface area (Å²) in [6, 6.07) is 7.36. The van der Waals surface area contributed by atoms with E-state index in [1.165, 1.54) is 31.3 Å². The van der Waals surface area contributed by atoms with Crippen molar-refractivity contribution in [3.63, 3.8) is 0 Å². The number of benzene rings is 2. The molecule has 4 N–H and O–H groups in total. The molecule has 0 aromatic heterocycles. The molecule has 1 unspecified atom stereocenters. The van der Waals surface area contributed by atoms with Gasteiger partial charge in [-0.1, -0.05) is 29.6 Å². The number of hydrogen-bond donors (Lipinski definition) is 3. The Balaban J connectivity index is 2.09. The number of non-ortho nitro benzene ring substituents is 1. The highest BCUT2D eigenvalue weighted by atomic mass is 35.5. The number of nitro benzene ring substituents is 1. The van der Waals surface area contributed by atoms with Crippen molar-refractivity contribution in [2.45, 2.75) is 25.7 Å². The molecule has 204 valence electrons. The summed E-state index contributed by atoms with van der Waals surface area (Å²) < 4.78 is 5.30. The number of carbonyl (C=O) groups excluding carboxylic acids is 3. The van der Waals surface area contributed by atoms with Crippen LogP contribution in [0.1, 0.15) is 36.0 Å². The van der Waals surface area contributed by atoms with Crippen LogP contribution in [0.15, 0.2) is 36.4 Å². The molecule has 0 aliphatic rings. The summed E-state index contributed by atoms with van der Waals surface area (Å²) in [7, 11) is 1.29. The number of unbranched alkanes of at least 4 members (excludes halogenated alkanes) is 1. The Hall–Kier alpha value is -3.74. The number of carboxylic acid groups (broad SMARTS) is 1. The molecule has 0 heterocycles. The number of ether oxygens (including phenoxy) is 1. The normalized spacial score (nSPS) is 11.4. The molecule has 0 saturated carbocycles. The molecule has 0 bridgehead atoms. The number of likely N-dealkylation sites (N-methyl/N-ethyl adjacent to an activating group) is 1. The molecule has 1 atom stereocenters. The van der Waals surface area contributed by atoms with E-state index in [1.807, 2.05) is 0 Å². The third-order valence-corrected chi connectivity index (χ3v) is 5.90. The van der Waals surface area contributed by atoms with E-state index in [0.29, 0.717) is 19.4 Å². The monoisotopic (exact) mass is 568 g/mol. The predicted molar refractivity (Wildman–Crippen MR) is 140 cm³/mol. The SMILES string of the molecule is CN(CC(=O)CC(CCCCN)C(=O)O)C(=O)Oc1ccc(Cl)cc1C(=O)Nc1ccc([N+](=O)[O-])cc1Cl. The van der Waals surface area contributed by atoms with Crippen LogP contribution >= 0.6 is 23.2 Å². The first-order valence-corrected chi connectivity index (χ1v) is 12.1. The number of anilines is 1. The largest absolute Gasteiger partial charge is 0.481 e. The molecule has 0 spiro atoms. The van der Waals surface area contributed by atoms with Gasteiger partial charge in [0.1, 0.15) is 5.75 Å². The Morgan fingerprint density at radius 1 is 1.16 bits per heavy atom. The Morgan fingerprint density at radius 3 is 2.47 bits per heavy atom. The quantitative estimate of drug-likeness (QED) is 0.179. The lowest BCUT2D eigenvalue weighted by atomic mass is 9.96. The van der Waals surface area contributed by atoms with Crippen molar-refractivity contribution < 1.29 is 33.9 Å². The number of nitrogens with one attached hydrogen (secondary N) is 1. The van der Waals surface area contributed by atoms with Crippen LogP contribution in [0.3, 0.4) is 0 Å². The van der Waals surface area contributed by atoms with Crippen molar-refractivity contribution in [3.8, 4) is 5.75 Å². The van der Waals surface area contributed by atoms with Gasteiger partial charge in [0.25, 0.3) is 11.6 Å². The molecular formula is C24H26Cl2N4O8. The van der Waals surface area contributed by atoms with E-state index in [2.05, 4.69) is 5.32 Å². The lowest BCUT2D eigenvalue weighted by Gasteiger charge is -2.19. The fourth-order valence-electron chi connectivity index (χ4n) is 3.37. The van der Waals surface area contributed by atoms with Gasteiger partial charge in [-0.2, -0.15) is 0 Å². The van der Waals surface area contributed by atoms with Crippen LogP contribution in [0.5, 0.6) is 5.75 Å². The van der Waals surface area contributed by atoms with Crippen molar-refractivity contribution >= 4 is 58.3 Å². The minimum atomic E-state index is -1.11. The van der Waals surface area contributed by atoms with Gasteiger partial charge in [0.15, 0.2) is 5.78 Å². The van der Waals surface area contributed by atoms with Crippen molar-refractivity contribution in [2.24, 2.45) is 11.7 Å². The number of aliphatic carboxylic acids is 1. The van der Waals surface area contributed by atoms with Gasteiger partial charge in [0.2, 0.25) is 0 Å². The summed E-state index contributed by atoms with van der Waals surface area (Å²) in [5.74, 6) is -3.43. The lowest BCUT2D eigenvalue weighted by Crippen LogP contribution is -2.35. The number of Topliss-reactive ketones (excluding diaryl/α,β-unsaturated/α-hetero) is 1. The first-order valence-electron chi connectivity index (χ1n) is 11.3. The van der Waals surface area contributed by atoms with Gasteiger partial charge in [0, 0.05) is 30.6 Å². The molecule has 2 amide bonds. The minimum absolute atomic E-state index is 0.0710. The van der Waals surface area contributed by atoms with Crippen LogP contribution in [0.4, 0.5) is 16.2 Å². The lowest BCUT2D eigenvalue weighted by molar-refractivity contribution is -0.384. The standard InChI is InChI=1S/C24H26Cl2N4O8/c1-29(13-17(31)10-14(23(33)34)4-2-3-9-27)24(35)38-21-8-5-15(25)11-18(21)22(32)28-20-7-6-16(30(36)37)12-19(20)26/h5-8,11-12,14H,2-4,9-10,13,27H2,1H3,(H,28,32)(H,33,34). The Kier molecular flexibility index (Phi) is 11.4. The first kappa shape index (κ1) is 30.5. The van der Waals surface area contributed by atoms with Crippen LogP contribution in [-0.2, 0) is 9.59 Å². The Labute approximate surface area is 227 Å². The molecular weight excluding hydrogens is 543 g/mol. The molecule has 2 aromatic rings. The summed E-state index contributed by atoms with van der Waals surface area (Å²) in [4.78, 5) is 60.6. The molecule has 0 aliphatic carbocycles. The third-order valence-electron chi connectivity index (χ3n) is 5.35. The average Bonchev–Trinajstić information content (AvgIpc) is 2.85. The maximum absolute atomic E-state index is 12.9. The highest BCUT2D eigenvalue weighted by molar-refractivity contribution is 6.34. The van der Waals surface area contributed by atoms with E-state index in [0.717, 1.165) is 17.0 Å². The zero-order chi connectivity index (χ0) is 28.4. The van der Waals surface area contributed by atoms with Gasteiger partial charge in [-0.3, -0.25) is 24.5 Å². The molecule has 0 saturated heterocycles. The van der Waals surface area contributed by atoms with Gasteiger partial charge >= 0.3 is 12.1 Å². The van der Waals surface area contributed by atoms with Gasteiger partial charge in [-0.25, -0.2) is 4.79 Å². The summed E-state index contributed by atoms with van der Waals surface area (Å²) in [5, 5.41) is 22.8. The second-order valence-corrected chi connectivity index (χ2v) is 9.15. The topological polar surface area (TPSA) is 182 Å². The van der Waals surface area contributed by atoms with Crippen molar-refractivity contribution in [3.05, 3.63) is 62.1 Å². The molecule has 14 heteroatoms. The van der Waals surface area contributed by atoms with Gasteiger partial charge in [-0.15, -0.1) is 0 Å². The number of hydrogen-bond acceptors (Lipinski definition) is 8. The van der Waals surface area contributed by atoms with Crippen molar-refractivity contribution in [1.29, 1.82) is 0 Å². The molecule has 2 rings (SSSR count). The smallest absolute Gasteiger partial charge is 0.415 e. The van der Waals surface area contributed by atoms with Crippen LogP contribution < -0.4 is 15.8 Å². The second-order valence-electron chi connectivity index (χ2n) is 8.30. The third kappa shape index (κ3) is 8.98. The number of carbonyl (C=O) groups is 4. The van der Waals surface area contributed by atoms with Crippen LogP contribution in [-0.4, -0.2) is 58.8 Å². The number of carboxylic acids is 1. The number of nitrogens with two attached hydrogens (primary N) is 1. The molecule has 0 radical (unpaired) electrons. The van der Waals surface area contributed by atoms with E-state index in [4.69, 9.17) is 33.7 Å². The van der Waals surface area contributed by atoms with E-state index < -0.39 is 41.1 Å². The Morgan fingerprint density at radius 2 is 1.87 bits per heavy atom. The predicted octanol–water partition coefficient (Wildman–Crippen LogP) is 4.37. The summed E-state index contributed by atoms with van der Waals surface area (Å²) in [5.41, 5.74) is 5.07. The Bertz CT molecular complexity index is 1220. The fraction of sp³-hybridized carbons (Fsp3) is 0.333. The molecule has 38 heavy (non-hydrogen) atoms. The number of halogens is 2. The fourth-order valence-corrected chi connectivity index (χ4v) is 3.76. The highest BCUT2D eigenvalue weighted by Gasteiger charge is 2.24. The zero-order valence-corrected chi connectivity index (χ0v) is 21.8. The van der Waals surface area contributed by atoms with Crippen LogP contribution in [0.2, 0.25) is 10.0 Å². The maximum atomic E-state index is 12.9. The van der Waals surface area contributed by atoms with Gasteiger partial charge in [-0.05, 0) is 43.7 Å². The van der Waals surface area contributed by atoms with Crippen molar-refractivity contribution in [1.82, 2.24) is 4.90 Å². The number of ketones is 1. The summed E-state index contributed by atoms with van der Waals surface area (Å²) in [6.45, 7) is 0.00745. The number of amides is 2. The number of rotatable bonds is 13. The number of nitrogens with zero attached hydrogens (tertiary/aromatic N) is 2. The number of nitro groups is 1. The highest BCUT2D eigenvalue weighted by Crippen LogP contribution is 2.29. The maximum Gasteiger partial charge on any atom is 0.415 e. The van der Waals surface area contributed by atoms with E-state index in [9.17, 15) is 34.4 Å². The first-order chi connectivity index (χ1) is 17.9. The zero-order valence-electron chi connectivity index (χ0n) is 20.3. The van der Waals surface area contributed by atoms with E-state index in [-0.39, 0.29) is 45.6 Å². The van der Waals surface area contributed by atoms with E-state index in [1.54, 1.807) is 0 Å². The average molecular weight is 569 g/mol. The molecule has 0 aliphatic heterocycles. The van der Waals surface area contributed by atoms with E-state index >= 15 is 0 Å².